The number of aromatic nitrogens is 8. The Kier molecular flexibility index (Phi) is 11.1. The van der Waals surface area contributed by atoms with Gasteiger partial charge in [-0.1, -0.05) is 19.0 Å². The number of fused-ring (bicyclic) bond motifs is 2. The Labute approximate surface area is 246 Å². The third-order valence-electron chi connectivity index (χ3n) is 6.75. The van der Waals surface area contributed by atoms with Crippen molar-refractivity contribution in [3.8, 4) is 0 Å². The fourth-order valence-corrected chi connectivity index (χ4v) is 5.29. The Balaban J connectivity index is 0.000000154. The highest BCUT2D eigenvalue weighted by Gasteiger charge is 2.23. The van der Waals surface area contributed by atoms with Crippen molar-refractivity contribution >= 4 is 45.8 Å². The number of nitrogens with one attached hydrogen (secondary N) is 1. The minimum Gasteiger partial charge on any atom is -0.381 e. The van der Waals surface area contributed by atoms with Crippen LogP contribution in [-0.4, -0.2) is 78.8 Å². The van der Waals surface area contributed by atoms with Gasteiger partial charge >= 0.3 is 0 Å². The van der Waals surface area contributed by atoms with Gasteiger partial charge in [0.2, 0.25) is 10.6 Å². The van der Waals surface area contributed by atoms with E-state index in [9.17, 15) is 4.79 Å². The lowest BCUT2D eigenvalue weighted by molar-refractivity contribution is 0.0831. The Hall–Kier alpha value is -2.35. The summed E-state index contributed by atoms with van der Waals surface area (Å²) in [6.07, 6.45) is 9.45. The van der Waals surface area contributed by atoms with E-state index in [4.69, 9.17) is 49.0 Å². The van der Waals surface area contributed by atoms with Crippen LogP contribution in [0.5, 0.6) is 0 Å². The number of hydrogen-bond acceptors (Lipinski definition) is 9. The third kappa shape index (κ3) is 7.29. The maximum absolute atomic E-state index is 11.6. The minimum atomic E-state index is -0.268. The molecule has 3 aliphatic rings. The smallest absolute Gasteiger partial charge is 0.277 e. The number of rotatable bonds is 2. The summed E-state index contributed by atoms with van der Waals surface area (Å²) in [6, 6.07) is 0. The molecule has 15 heteroatoms. The molecule has 3 fully saturated rings. The van der Waals surface area contributed by atoms with Gasteiger partial charge in [-0.15, -0.1) is 10.2 Å². The van der Waals surface area contributed by atoms with Crippen LogP contribution >= 0.6 is 34.8 Å². The van der Waals surface area contributed by atoms with Gasteiger partial charge in [-0.05, 0) is 61.7 Å². The molecule has 3 aliphatic heterocycles. The van der Waals surface area contributed by atoms with E-state index < -0.39 is 0 Å². The zero-order chi connectivity index (χ0) is 27.2. The monoisotopic (exact) mass is 614 g/mol. The lowest BCUT2D eigenvalue weighted by Gasteiger charge is -2.20. The molecule has 7 rings (SSSR count). The van der Waals surface area contributed by atoms with Crippen LogP contribution in [0.2, 0.25) is 15.7 Å². The van der Waals surface area contributed by atoms with Crippen molar-refractivity contribution in [3.63, 3.8) is 0 Å². The van der Waals surface area contributed by atoms with E-state index in [-0.39, 0.29) is 29.5 Å². The van der Waals surface area contributed by atoms with Crippen molar-refractivity contribution in [2.45, 2.75) is 57.8 Å². The summed E-state index contributed by atoms with van der Waals surface area (Å²) in [4.78, 5) is 26.6. The van der Waals surface area contributed by atoms with Gasteiger partial charge in [-0.25, -0.2) is 24.0 Å². The summed E-state index contributed by atoms with van der Waals surface area (Å²) < 4.78 is 18.8. The van der Waals surface area contributed by atoms with Gasteiger partial charge in [-0.3, -0.25) is 9.78 Å². The summed E-state index contributed by atoms with van der Waals surface area (Å²) in [7, 11) is 0. The van der Waals surface area contributed by atoms with Crippen molar-refractivity contribution < 1.29 is 14.2 Å². The number of H-pyrrole nitrogens is 1. The molecular formula is C25H33Cl3N8O4. The second kappa shape index (κ2) is 14.5. The molecule has 0 aromatic carbocycles. The SMILES string of the molecule is C.C1CCOC1.Clc1nc(Cl)c2cnc(C3CCOCC3)n2n1.O=c1[nH]c(Cl)nn2c(C3CCOCC3)ncc12. The summed E-state index contributed by atoms with van der Waals surface area (Å²) in [5, 5.41) is 8.79. The predicted molar refractivity (Wildman–Crippen MR) is 152 cm³/mol. The molecule has 0 atom stereocenters. The van der Waals surface area contributed by atoms with Gasteiger partial charge in [0, 0.05) is 51.5 Å². The molecule has 0 saturated carbocycles. The molecule has 40 heavy (non-hydrogen) atoms. The molecule has 0 bridgehead atoms. The predicted octanol–water partition coefficient (Wildman–Crippen LogP) is 4.72. The second-order valence-electron chi connectivity index (χ2n) is 9.34. The fourth-order valence-electron chi connectivity index (χ4n) is 4.72. The van der Waals surface area contributed by atoms with Crippen LogP contribution in [0.15, 0.2) is 17.2 Å². The molecule has 4 aromatic heterocycles. The molecule has 7 heterocycles. The number of imidazole rings is 2. The molecule has 0 radical (unpaired) electrons. The number of ether oxygens (including phenoxy) is 3. The molecule has 1 N–H and O–H groups in total. The Morgan fingerprint density at radius 2 is 1.25 bits per heavy atom. The van der Waals surface area contributed by atoms with E-state index in [1.165, 1.54) is 23.6 Å². The maximum atomic E-state index is 11.6. The van der Waals surface area contributed by atoms with Crippen LogP contribution < -0.4 is 5.56 Å². The van der Waals surface area contributed by atoms with Crippen LogP contribution in [0.4, 0.5) is 0 Å². The third-order valence-corrected chi connectivity index (χ3v) is 7.36. The molecule has 0 unspecified atom stereocenters. The maximum Gasteiger partial charge on any atom is 0.277 e. The lowest BCUT2D eigenvalue weighted by atomic mass is 10.00. The van der Waals surface area contributed by atoms with Gasteiger partial charge in [0.15, 0.2) is 10.7 Å². The van der Waals surface area contributed by atoms with Crippen molar-refractivity contribution in [3.05, 3.63) is 50.1 Å². The van der Waals surface area contributed by atoms with Crippen LogP contribution in [0.3, 0.4) is 0 Å². The average Bonchev–Trinajstić information content (AvgIpc) is 3.72. The van der Waals surface area contributed by atoms with Crippen molar-refractivity contribution in [2.75, 3.05) is 39.6 Å². The lowest BCUT2D eigenvalue weighted by Crippen LogP contribution is -2.19. The number of nitrogens with zero attached hydrogens (tertiary/aromatic N) is 7. The highest BCUT2D eigenvalue weighted by molar-refractivity contribution is 6.34. The van der Waals surface area contributed by atoms with Gasteiger partial charge in [0.1, 0.15) is 17.2 Å². The zero-order valence-corrected chi connectivity index (χ0v) is 23.5. The van der Waals surface area contributed by atoms with E-state index in [0.29, 0.717) is 22.1 Å². The molecule has 4 aromatic rings. The number of aromatic amines is 1. The number of hydrogen-bond donors (Lipinski definition) is 1. The first-order valence-electron chi connectivity index (χ1n) is 12.9. The minimum absolute atomic E-state index is 0. The highest BCUT2D eigenvalue weighted by atomic mass is 35.5. The van der Waals surface area contributed by atoms with E-state index in [1.54, 1.807) is 10.7 Å². The van der Waals surface area contributed by atoms with Gasteiger partial charge in [-0.2, -0.15) is 0 Å². The summed E-state index contributed by atoms with van der Waals surface area (Å²) in [5.41, 5.74) is 0.851. The summed E-state index contributed by atoms with van der Waals surface area (Å²) in [5.74, 6) is 2.29. The summed E-state index contributed by atoms with van der Waals surface area (Å²) in [6.45, 7) is 4.95. The molecule has 218 valence electrons. The van der Waals surface area contributed by atoms with Crippen molar-refractivity contribution in [1.82, 2.24) is 39.2 Å². The number of halogens is 3. The van der Waals surface area contributed by atoms with Crippen LogP contribution in [0.25, 0.3) is 11.0 Å². The zero-order valence-electron chi connectivity index (χ0n) is 21.2. The van der Waals surface area contributed by atoms with Crippen LogP contribution in [0, 0.1) is 0 Å². The molecule has 12 nitrogen and oxygen atoms in total. The molecule has 0 aliphatic carbocycles. The highest BCUT2D eigenvalue weighted by Crippen LogP contribution is 2.28. The second-order valence-corrected chi connectivity index (χ2v) is 10.4. The first-order valence-corrected chi connectivity index (χ1v) is 14.1. The van der Waals surface area contributed by atoms with E-state index >= 15 is 0 Å². The molecular weight excluding hydrogens is 583 g/mol. The first kappa shape index (κ1) is 30.6. The largest absolute Gasteiger partial charge is 0.381 e. The fraction of sp³-hybridized carbons (Fsp3) is 0.600. The van der Waals surface area contributed by atoms with E-state index in [2.05, 4.69) is 30.1 Å². The van der Waals surface area contributed by atoms with Crippen LogP contribution in [0.1, 0.15) is 69.4 Å². The quantitative estimate of drug-likeness (QED) is 0.340. The first-order chi connectivity index (χ1) is 19.0. The van der Waals surface area contributed by atoms with Crippen molar-refractivity contribution in [1.29, 1.82) is 0 Å². The standard InChI is InChI=1S/C10H10Cl2N4O.C10H11ClN4O2.C4H8O.CH4/c11-8-7-5-13-9(6-1-3-17-4-2-6)16(7)15-10(12)14-8;11-10-13-9(16)7-5-12-8(15(7)14-10)6-1-3-17-4-2-6;1-2-4-5-3-1;/h5-6H,1-4H2;5-6H,1-4H2,(H,13,14,16);1-4H2;1H4. The average molecular weight is 616 g/mol. The van der Waals surface area contributed by atoms with Gasteiger partial charge in [0.05, 0.1) is 12.4 Å². The Bertz CT molecular complexity index is 1440. The summed E-state index contributed by atoms with van der Waals surface area (Å²) >= 11 is 17.6. The van der Waals surface area contributed by atoms with Crippen LogP contribution in [-0.2, 0) is 14.2 Å². The van der Waals surface area contributed by atoms with Crippen molar-refractivity contribution in [2.24, 2.45) is 0 Å². The Morgan fingerprint density at radius 1 is 0.750 bits per heavy atom. The van der Waals surface area contributed by atoms with E-state index in [0.717, 1.165) is 77.0 Å². The normalized spacial score (nSPS) is 18.1. The topological polar surface area (TPSA) is 134 Å². The molecule has 0 spiro atoms. The van der Waals surface area contributed by atoms with Gasteiger partial charge < -0.3 is 14.2 Å². The van der Waals surface area contributed by atoms with Gasteiger partial charge in [0.25, 0.3) is 5.56 Å². The molecule has 3 saturated heterocycles. The molecule has 0 amide bonds. The Morgan fingerprint density at radius 3 is 1.77 bits per heavy atom. The van der Waals surface area contributed by atoms with E-state index in [1.807, 2.05) is 0 Å².